The maximum atomic E-state index is 8.25. The van der Waals surface area contributed by atoms with Crippen LogP contribution in [0.2, 0.25) is 0 Å². The van der Waals surface area contributed by atoms with Gasteiger partial charge in [-0.3, -0.25) is 0 Å². The van der Waals surface area contributed by atoms with Gasteiger partial charge in [0, 0.05) is 44.4 Å². The molecule has 3 rings (SSSR count). The van der Waals surface area contributed by atoms with Crippen molar-refractivity contribution in [3.8, 4) is 0 Å². The standard InChI is InChI=1S/C19H21N2.NO3/c1-14-15(2)21-12-6-5-7-19(21)18(14)13-16-8-10-17(11-9-16)20(3)4;2-1(3)4/h5-13H,1-4H3;/q+1;-1. The van der Waals surface area contributed by atoms with E-state index in [2.05, 4.69) is 92.1 Å². The van der Waals surface area contributed by atoms with E-state index in [1.54, 1.807) is 0 Å². The summed E-state index contributed by atoms with van der Waals surface area (Å²) in [5, 5.41) is 14.8. The average molecular weight is 339 g/mol. The maximum Gasteiger partial charge on any atom is 0.218 e. The molecule has 1 aromatic carbocycles. The zero-order chi connectivity index (χ0) is 18.6. The molecule has 0 N–H and O–H groups in total. The number of fused-ring (bicyclic) bond motifs is 1. The van der Waals surface area contributed by atoms with Gasteiger partial charge >= 0.3 is 0 Å². The van der Waals surface area contributed by atoms with Gasteiger partial charge in [-0.15, -0.1) is 0 Å². The fourth-order valence-electron chi connectivity index (χ4n) is 2.74. The Balaban J connectivity index is 0.000000511. The summed E-state index contributed by atoms with van der Waals surface area (Å²) in [5.74, 6) is 0. The van der Waals surface area contributed by atoms with Crippen molar-refractivity contribution in [2.45, 2.75) is 13.8 Å². The molecular weight excluding hydrogens is 318 g/mol. The van der Waals surface area contributed by atoms with Crippen molar-refractivity contribution in [3.05, 3.63) is 80.8 Å². The second kappa shape index (κ2) is 7.61. The van der Waals surface area contributed by atoms with Crippen LogP contribution in [0.25, 0.3) is 17.3 Å². The third-order valence-corrected chi connectivity index (χ3v) is 4.16. The number of pyridine rings is 1. The first-order chi connectivity index (χ1) is 11.8. The van der Waals surface area contributed by atoms with E-state index in [4.69, 9.17) is 15.3 Å². The average Bonchev–Trinajstić information content (AvgIpc) is 2.80. The van der Waals surface area contributed by atoms with Crippen LogP contribution in [0.3, 0.4) is 0 Å². The second-order valence-electron chi connectivity index (χ2n) is 5.93. The predicted octanol–water partition coefficient (Wildman–Crippen LogP) is 3.61. The molecule has 0 fully saturated rings. The third kappa shape index (κ3) is 4.23. The van der Waals surface area contributed by atoms with Gasteiger partial charge in [0.1, 0.15) is 0 Å². The summed E-state index contributed by atoms with van der Waals surface area (Å²) in [6.45, 7) is 4.37. The van der Waals surface area contributed by atoms with Crippen LogP contribution < -0.4 is 9.47 Å². The van der Waals surface area contributed by atoms with Crippen LogP contribution in [0.1, 0.15) is 25.1 Å². The minimum absolute atomic E-state index is 1.22. The van der Waals surface area contributed by atoms with Crippen LogP contribution in [-0.2, 0) is 0 Å². The summed E-state index contributed by atoms with van der Waals surface area (Å²) in [4.78, 5) is 10.4. The molecule has 0 amide bonds. The molecule has 6 nitrogen and oxygen atoms in total. The van der Waals surface area contributed by atoms with Gasteiger partial charge < -0.3 is 20.2 Å². The first kappa shape index (κ1) is 18.2. The zero-order valence-electron chi connectivity index (χ0n) is 14.8. The molecule has 0 saturated heterocycles. The lowest BCUT2D eigenvalue weighted by Gasteiger charge is -2.11. The molecule has 0 unspecified atom stereocenters. The lowest BCUT2D eigenvalue weighted by atomic mass is 10.0. The smallest absolute Gasteiger partial charge is 0.218 e. The van der Waals surface area contributed by atoms with Gasteiger partial charge in [-0.2, -0.15) is 4.57 Å². The highest BCUT2D eigenvalue weighted by atomic mass is 16.9. The van der Waals surface area contributed by atoms with E-state index in [0.29, 0.717) is 0 Å². The topological polar surface area (TPSA) is 73.3 Å². The number of hydrogen-bond acceptors (Lipinski definition) is 4. The summed E-state index contributed by atoms with van der Waals surface area (Å²) in [6.07, 6.45) is 4.40. The SMILES string of the molecule is CC1=C(C)[n+]2ccccc2/C1=C/c1ccc(N(C)C)cc1.O=[N+]([O-])[O-]. The highest BCUT2D eigenvalue weighted by Gasteiger charge is 2.28. The number of aromatic nitrogens is 1. The molecule has 0 spiro atoms. The molecule has 0 radical (unpaired) electrons. The first-order valence-corrected chi connectivity index (χ1v) is 7.81. The molecule has 25 heavy (non-hydrogen) atoms. The van der Waals surface area contributed by atoms with Crippen molar-refractivity contribution in [2.24, 2.45) is 0 Å². The molecular formula is C19H21N3O3. The highest BCUT2D eigenvalue weighted by Crippen LogP contribution is 2.31. The summed E-state index contributed by atoms with van der Waals surface area (Å²) < 4.78 is 2.26. The molecule has 2 heterocycles. The maximum absolute atomic E-state index is 8.25. The Morgan fingerprint density at radius 1 is 1.04 bits per heavy atom. The molecule has 1 aliphatic rings. The number of hydrogen-bond donors (Lipinski definition) is 0. The van der Waals surface area contributed by atoms with E-state index >= 15 is 0 Å². The minimum Gasteiger partial charge on any atom is -0.378 e. The van der Waals surface area contributed by atoms with E-state index < -0.39 is 5.09 Å². The van der Waals surface area contributed by atoms with E-state index in [9.17, 15) is 0 Å². The van der Waals surface area contributed by atoms with Crippen LogP contribution in [0.15, 0.2) is 54.2 Å². The fraction of sp³-hybridized carbons (Fsp3) is 0.211. The molecule has 0 aliphatic carbocycles. The van der Waals surface area contributed by atoms with E-state index in [1.165, 1.54) is 33.8 Å². The van der Waals surface area contributed by atoms with Crippen molar-refractivity contribution in [1.29, 1.82) is 0 Å². The summed E-state index contributed by atoms with van der Waals surface area (Å²) in [6, 6.07) is 15.0. The molecule has 0 atom stereocenters. The summed E-state index contributed by atoms with van der Waals surface area (Å²) >= 11 is 0. The van der Waals surface area contributed by atoms with Crippen LogP contribution in [0.5, 0.6) is 0 Å². The van der Waals surface area contributed by atoms with Crippen LogP contribution in [0.4, 0.5) is 5.69 Å². The van der Waals surface area contributed by atoms with Crippen molar-refractivity contribution in [2.75, 3.05) is 19.0 Å². The largest absolute Gasteiger partial charge is 0.378 e. The molecule has 0 saturated carbocycles. The van der Waals surface area contributed by atoms with Gasteiger partial charge in [-0.05, 0) is 36.8 Å². The van der Waals surface area contributed by atoms with Gasteiger partial charge in [0.25, 0.3) is 0 Å². The van der Waals surface area contributed by atoms with Crippen molar-refractivity contribution in [1.82, 2.24) is 0 Å². The van der Waals surface area contributed by atoms with Crippen molar-refractivity contribution >= 4 is 23.0 Å². The monoisotopic (exact) mass is 339 g/mol. The Morgan fingerprint density at radius 3 is 2.20 bits per heavy atom. The number of allylic oxidation sites excluding steroid dienone is 3. The Bertz CT molecular complexity index is 833. The molecule has 1 aliphatic heterocycles. The molecule has 1 aromatic heterocycles. The number of rotatable bonds is 2. The Morgan fingerprint density at radius 2 is 1.64 bits per heavy atom. The lowest BCUT2D eigenvalue weighted by molar-refractivity contribution is -0.581. The zero-order valence-corrected chi connectivity index (χ0v) is 14.8. The van der Waals surface area contributed by atoms with Gasteiger partial charge in [-0.25, -0.2) is 0 Å². The van der Waals surface area contributed by atoms with E-state index in [1.807, 2.05) is 0 Å². The minimum atomic E-state index is -1.75. The fourth-order valence-corrected chi connectivity index (χ4v) is 2.74. The molecule has 0 bridgehead atoms. The molecule has 6 heteroatoms. The number of nitrogens with zero attached hydrogens (tertiary/aromatic N) is 3. The first-order valence-electron chi connectivity index (χ1n) is 7.81. The second-order valence-corrected chi connectivity index (χ2v) is 5.93. The highest BCUT2D eigenvalue weighted by molar-refractivity contribution is 5.93. The van der Waals surface area contributed by atoms with Crippen molar-refractivity contribution in [3.63, 3.8) is 0 Å². The summed E-state index contributed by atoms with van der Waals surface area (Å²) in [5.41, 5.74) is 7.69. The van der Waals surface area contributed by atoms with E-state index in [-0.39, 0.29) is 0 Å². The van der Waals surface area contributed by atoms with Crippen LogP contribution in [-0.4, -0.2) is 19.2 Å². The predicted molar refractivity (Wildman–Crippen MR) is 100 cm³/mol. The third-order valence-electron chi connectivity index (χ3n) is 4.16. The Kier molecular flexibility index (Phi) is 5.54. The Hall–Kier alpha value is -3.15. The van der Waals surface area contributed by atoms with Gasteiger partial charge in [0.2, 0.25) is 5.69 Å². The quantitative estimate of drug-likeness (QED) is 0.476. The lowest BCUT2D eigenvalue weighted by Crippen LogP contribution is -2.31. The Labute approximate surface area is 147 Å². The van der Waals surface area contributed by atoms with Gasteiger partial charge in [0.15, 0.2) is 11.9 Å². The number of anilines is 1. The van der Waals surface area contributed by atoms with Gasteiger partial charge in [0.05, 0.1) is 10.7 Å². The van der Waals surface area contributed by atoms with Crippen LogP contribution in [0, 0.1) is 15.3 Å². The van der Waals surface area contributed by atoms with E-state index in [0.717, 1.165) is 0 Å². The molecule has 130 valence electrons. The molecule has 2 aromatic rings. The summed E-state index contributed by atoms with van der Waals surface area (Å²) in [7, 11) is 4.13. The number of benzene rings is 1. The normalized spacial score (nSPS) is 14.0. The van der Waals surface area contributed by atoms with Crippen LogP contribution >= 0.6 is 0 Å². The van der Waals surface area contributed by atoms with Crippen molar-refractivity contribution < 1.29 is 9.65 Å². The van der Waals surface area contributed by atoms with Gasteiger partial charge in [-0.1, -0.05) is 12.1 Å².